The number of pyridine rings is 1. The van der Waals surface area contributed by atoms with Gasteiger partial charge in [0.1, 0.15) is 5.52 Å². The summed E-state index contributed by atoms with van der Waals surface area (Å²) in [6.45, 7) is 2.93. The van der Waals surface area contributed by atoms with Gasteiger partial charge in [-0.1, -0.05) is 0 Å². The molecule has 0 saturated heterocycles. The fourth-order valence-electron chi connectivity index (χ4n) is 3.00. The first-order valence-corrected chi connectivity index (χ1v) is 7.38. The minimum absolute atomic E-state index is 0. The van der Waals surface area contributed by atoms with Crippen LogP contribution in [0.5, 0.6) is 5.88 Å². The molecular weight excluding hydrogens is 316 g/mol. The molecule has 0 radical (unpaired) electrons. The van der Waals surface area contributed by atoms with Gasteiger partial charge in [-0.25, -0.2) is 0 Å². The summed E-state index contributed by atoms with van der Waals surface area (Å²) in [5, 5.41) is 0. The van der Waals surface area contributed by atoms with Gasteiger partial charge >= 0.3 is 0 Å². The second-order valence-electron chi connectivity index (χ2n) is 5.90. The summed E-state index contributed by atoms with van der Waals surface area (Å²) < 4.78 is 8.89. The van der Waals surface area contributed by atoms with Crippen LogP contribution in [0.15, 0.2) is 35.3 Å². The molecule has 0 fully saturated rings. The number of hydrogen-bond acceptors (Lipinski definition) is 3. The van der Waals surface area contributed by atoms with Crippen LogP contribution in [0.2, 0.25) is 0 Å². The highest BCUT2D eigenvalue weighted by molar-refractivity contribution is 5.76. The maximum absolute atomic E-state index is 12.9. The number of fused-ring (bicyclic) bond motifs is 3. The largest absolute Gasteiger partial charge is 1.00 e. The van der Waals surface area contributed by atoms with Gasteiger partial charge in [0, 0.05) is 12.3 Å². The van der Waals surface area contributed by atoms with Gasteiger partial charge in [-0.05, 0) is 25.1 Å². The number of halogens is 1. The molecule has 124 valence electrons. The Bertz CT molecular complexity index is 885. The molecule has 3 heterocycles. The van der Waals surface area contributed by atoms with Gasteiger partial charge in [-0.3, -0.25) is 13.8 Å². The molecule has 3 aromatic heterocycles. The second kappa shape index (κ2) is 6.60. The van der Waals surface area contributed by atoms with E-state index in [2.05, 4.69) is 26.0 Å². The van der Waals surface area contributed by atoms with Gasteiger partial charge in [0.25, 0.3) is 5.56 Å². The molecule has 23 heavy (non-hydrogen) atoms. The third-order valence-corrected chi connectivity index (χ3v) is 3.86. The molecular formula is C16H21ClN4O2. The standard InChI is InChI=1S/C16H20N4O2.ClH/c1-11(10-18(2)3)20-12-7-8-14(22-4)17-15(12)19-9-5-6-13(19)16(20)21;/h5-9,11H,10H2,1-4H3;1H. The Labute approximate surface area is 140 Å². The van der Waals surface area contributed by atoms with Crippen molar-refractivity contribution in [2.45, 2.75) is 13.0 Å². The highest BCUT2D eigenvalue weighted by Crippen LogP contribution is 2.19. The molecule has 0 aliphatic heterocycles. The number of rotatable bonds is 4. The zero-order valence-corrected chi connectivity index (χ0v) is 14.5. The molecule has 0 spiro atoms. The minimum atomic E-state index is 0. The summed E-state index contributed by atoms with van der Waals surface area (Å²) in [7, 11) is 5.76. The predicted octanol–water partition coefficient (Wildman–Crippen LogP) is -2.63. The van der Waals surface area contributed by atoms with Crippen molar-refractivity contribution in [1.82, 2.24) is 14.0 Å². The van der Waals surface area contributed by atoms with Crippen LogP contribution in [0.1, 0.15) is 13.0 Å². The fraction of sp³-hybridized carbons (Fsp3) is 0.375. The average Bonchev–Trinajstić information content (AvgIpc) is 2.96. The van der Waals surface area contributed by atoms with Crippen LogP contribution in [0.4, 0.5) is 0 Å². The second-order valence-corrected chi connectivity index (χ2v) is 5.90. The summed E-state index contributed by atoms with van der Waals surface area (Å²) in [5.41, 5.74) is 2.20. The van der Waals surface area contributed by atoms with Gasteiger partial charge < -0.3 is 22.0 Å². The van der Waals surface area contributed by atoms with Crippen molar-refractivity contribution in [3.63, 3.8) is 0 Å². The zero-order chi connectivity index (χ0) is 15.9. The summed E-state index contributed by atoms with van der Waals surface area (Å²) in [6.07, 6.45) is 1.86. The van der Waals surface area contributed by atoms with Gasteiger partial charge in [-0.15, -0.1) is 0 Å². The van der Waals surface area contributed by atoms with Crippen molar-refractivity contribution in [2.24, 2.45) is 0 Å². The Morgan fingerprint density at radius 1 is 1.26 bits per heavy atom. The van der Waals surface area contributed by atoms with Gasteiger partial charge in [0.15, 0.2) is 5.65 Å². The Morgan fingerprint density at radius 3 is 2.65 bits per heavy atom. The van der Waals surface area contributed by atoms with E-state index < -0.39 is 0 Å². The molecule has 1 atom stereocenters. The van der Waals surface area contributed by atoms with Crippen molar-refractivity contribution < 1.29 is 22.0 Å². The smallest absolute Gasteiger partial charge is 0.275 e. The molecule has 7 heteroatoms. The lowest BCUT2D eigenvalue weighted by Crippen LogP contribution is -3.06. The average molecular weight is 337 g/mol. The van der Waals surface area contributed by atoms with E-state index in [9.17, 15) is 4.79 Å². The SMILES string of the molecule is COc1ccc2c(n1)n1cccc1c(=O)n2C(C)C[NH+](C)C.[Cl-]. The lowest BCUT2D eigenvalue weighted by molar-refractivity contribution is -0.860. The molecule has 0 amide bonds. The molecule has 0 aliphatic rings. The highest BCUT2D eigenvalue weighted by Gasteiger charge is 2.18. The van der Waals surface area contributed by atoms with Crippen molar-refractivity contribution in [2.75, 3.05) is 27.7 Å². The molecule has 0 aromatic carbocycles. The third kappa shape index (κ3) is 2.92. The van der Waals surface area contributed by atoms with E-state index in [0.717, 1.165) is 17.7 Å². The summed E-state index contributed by atoms with van der Waals surface area (Å²) in [5.74, 6) is 0.540. The first-order valence-electron chi connectivity index (χ1n) is 7.38. The number of hydrogen-bond donors (Lipinski definition) is 1. The first kappa shape index (κ1) is 17.3. The number of methoxy groups -OCH3 is 1. The van der Waals surface area contributed by atoms with Crippen molar-refractivity contribution in [1.29, 1.82) is 0 Å². The molecule has 3 rings (SSSR count). The van der Waals surface area contributed by atoms with Crippen molar-refractivity contribution >= 4 is 16.7 Å². The number of likely N-dealkylation sites (N-methyl/N-ethyl adjacent to an activating group) is 1. The number of ether oxygens (including phenoxy) is 1. The molecule has 1 unspecified atom stereocenters. The zero-order valence-electron chi connectivity index (χ0n) is 13.7. The monoisotopic (exact) mass is 336 g/mol. The molecule has 0 aliphatic carbocycles. The quantitative estimate of drug-likeness (QED) is 0.567. The number of nitrogens with one attached hydrogen (secondary N) is 1. The summed E-state index contributed by atoms with van der Waals surface area (Å²) >= 11 is 0. The van der Waals surface area contributed by atoms with E-state index in [1.807, 2.05) is 33.4 Å². The van der Waals surface area contributed by atoms with Crippen LogP contribution in [0, 0.1) is 0 Å². The van der Waals surface area contributed by atoms with Crippen molar-refractivity contribution in [3.8, 4) is 5.88 Å². The first-order chi connectivity index (χ1) is 10.5. The minimum Gasteiger partial charge on any atom is -1.00 e. The molecule has 0 bridgehead atoms. The normalized spacial score (nSPS) is 12.6. The Balaban J connectivity index is 0.00000192. The van der Waals surface area contributed by atoms with Crippen molar-refractivity contribution in [3.05, 3.63) is 40.8 Å². The summed E-state index contributed by atoms with van der Waals surface area (Å²) in [6, 6.07) is 7.47. The maximum atomic E-state index is 12.9. The topological polar surface area (TPSA) is 53.0 Å². The molecule has 0 saturated carbocycles. The lowest BCUT2D eigenvalue weighted by atomic mass is 10.2. The predicted molar refractivity (Wildman–Crippen MR) is 85.9 cm³/mol. The van der Waals surface area contributed by atoms with Gasteiger partial charge in [-0.2, -0.15) is 4.98 Å². The van der Waals surface area contributed by atoms with Gasteiger partial charge in [0.05, 0.1) is 39.3 Å². The fourth-order valence-corrected chi connectivity index (χ4v) is 3.00. The third-order valence-electron chi connectivity index (χ3n) is 3.86. The van der Waals surface area contributed by atoms with E-state index in [1.165, 1.54) is 4.90 Å². The van der Waals surface area contributed by atoms with Crippen LogP contribution in [0.25, 0.3) is 16.7 Å². The number of aromatic nitrogens is 3. The lowest BCUT2D eigenvalue weighted by Gasteiger charge is -2.20. The maximum Gasteiger partial charge on any atom is 0.275 e. The van der Waals surface area contributed by atoms with Gasteiger partial charge in [0.2, 0.25) is 5.88 Å². The van der Waals surface area contributed by atoms with E-state index >= 15 is 0 Å². The van der Waals surface area contributed by atoms with Crippen LogP contribution in [-0.4, -0.2) is 41.7 Å². The van der Waals surface area contributed by atoms with Crippen LogP contribution >= 0.6 is 0 Å². The van der Waals surface area contributed by atoms with E-state index in [1.54, 1.807) is 13.2 Å². The number of quaternary nitrogens is 1. The van der Waals surface area contributed by atoms with Crippen LogP contribution in [-0.2, 0) is 0 Å². The number of nitrogens with zero attached hydrogens (tertiary/aromatic N) is 3. The van der Waals surface area contributed by atoms with E-state index in [0.29, 0.717) is 11.4 Å². The Kier molecular flexibility index (Phi) is 4.97. The Morgan fingerprint density at radius 2 is 2.00 bits per heavy atom. The highest BCUT2D eigenvalue weighted by atomic mass is 35.5. The Hall–Kier alpha value is -2.05. The molecule has 6 nitrogen and oxygen atoms in total. The van der Waals surface area contributed by atoms with Crippen LogP contribution < -0.4 is 27.6 Å². The van der Waals surface area contributed by atoms with Crippen LogP contribution in [0.3, 0.4) is 0 Å². The van der Waals surface area contributed by atoms with E-state index in [-0.39, 0.29) is 24.0 Å². The molecule has 3 aromatic rings. The molecule has 1 N–H and O–H groups in total. The summed E-state index contributed by atoms with van der Waals surface area (Å²) in [4.78, 5) is 18.7. The van der Waals surface area contributed by atoms with E-state index in [4.69, 9.17) is 4.74 Å².